The number of benzene rings is 2. The second-order valence-corrected chi connectivity index (χ2v) is 10.9. The van der Waals surface area contributed by atoms with Gasteiger partial charge in [-0.3, -0.25) is 14.9 Å². The molecule has 4 rings (SSSR count). The molecule has 0 radical (unpaired) electrons. The Hall–Kier alpha value is -3.10. The fourth-order valence-corrected chi connectivity index (χ4v) is 5.44. The predicted molar refractivity (Wildman–Crippen MR) is 144 cm³/mol. The number of nitrogens with one attached hydrogen (secondary N) is 2. The van der Waals surface area contributed by atoms with Gasteiger partial charge in [-0.15, -0.1) is 10.2 Å². The average Bonchev–Trinajstić information content (AvgIpc) is 3.31. The number of likely N-dealkylation sites (N-methyl/N-ethyl adjacent to an activating group) is 1. The van der Waals surface area contributed by atoms with E-state index in [0.717, 1.165) is 37.2 Å². The minimum Gasteiger partial charge on any atom is -0.355 e. The molecule has 8 heteroatoms. The summed E-state index contributed by atoms with van der Waals surface area (Å²) in [4.78, 5) is 27.0. The van der Waals surface area contributed by atoms with Crippen molar-refractivity contribution in [1.82, 2.24) is 20.4 Å². The molecular formula is C28H35N5O2S. The molecule has 2 amide bonds. The summed E-state index contributed by atoms with van der Waals surface area (Å²) in [6.07, 6.45) is 5.61. The molecule has 1 aliphatic rings. The molecule has 2 N–H and O–H groups in total. The molecule has 1 heterocycles. The number of aromatic nitrogens is 2. The number of nitrogens with zero attached hydrogens (tertiary/aromatic N) is 3. The highest BCUT2D eigenvalue weighted by molar-refractivity contribution is 7.15. The van der Waals surface area contributed by atoms with E-state index in [2.05, 4.69) is 50.0 Å². The zero-order valence-corrected chi connectivity index (χ0v) is 21.9. The number of hydrogen-bond donors (Lipinski definition) is 2. The van der Waals surface area contributed by atoms with Crippen LogP contribution in [0.5, 0.6) is 0 Å². The van der Waals surface area contributed by atoms with Crippen LogP contribution in [0.2, 0.25) is 0 Å². The lowest BCUT2D eigenvalue weighted by molar-refractivity contribution is -0.122. The van der Waals surface area contributed by atoms with Crippen molar-refractivity contribution >= 4 is 28.3 Å². The molecule has 0 saturated heterocycles. The summed E-state index contributed by atoms with van der Waals surface area (Å²) in [5.74, 6) is 0.939. The largest absolute Gasteiger partial charge is 0.355 e. The first-order chi connectivity index (χ1) is 17.5. The van der Waals surface area contributed by atoms with Crippen molar-refractivity contribution < 1.29 is 9.59 Å². The topological polar surface area (TPSA) is 87.2 Å². The standard InChI is InChI=1S/C28H35N5O2S/c1-33(2)17-16-29-25(34)18-21-8-10-22(11-9-21)23-12-14-24(15-13-23)27(35)30-28-32-31-26(36-28)19-20-6-4-3-5-7-20/h3-7,12-15,21-22H,8-11,16-19H2,1-2H3,(H,29,34)(H,30,32,35)/t21-,22-. The zero-order chi connectivity index (χ0) is 25.3. The maximum absolute atomic E-state index is 12.7. The number of carbonyl (C=O) groups excluding carboxylic acids is 2. The summed E-state index contributed by atoms with van der Waals surface area (Å²) in [6.45, 7) is 1.57. The molecule has 1 aliphatic carbocycles. The molecule has 1 fully saturated rings. The van der Waals surface area contributed by atoms with Crippen molar-refractivity contribution in [3.8, 4) is 0 Å². The minimum absolute atomic E-state index is 0.165. The lowest BCUT2D eigenvalue weighted by Gasteiger charge is -2.28. The Balaban J connectivity index is 1.22. The summed E-state index contributed by atoms with van der Waals surface area (Å²) < 4.78 is 0. The number of carbonyl (C=O) groups is 2. The first kappa shape index (κ1) is 26.0. The highest BCUT2D eigenvalue weighted by atomic mass is 32.1. The highest BCUT2D eigenvalue weighted by Gasteiger charge is 2.24. The molecule has 0 bridgehead atoms. The van der Waals surface area contributed by atoms with Gasteiger partial charge in [0.05, 0.1) is 0 Å². The van der Waals surface area contributed by atoms with Gasteiger partial charge in [0.2, 0.25) is 11.0 Å². The van der Waals surface area contributed by atoms with Crippen LogP contribution in [-0.2, 0) is 11.2 Å². The average molecular weight is 506 g/mol. The maximum Gasteiger partial charge on any atom is 0.257 e. The number of anilines is 1. The van der Waals surface area contributed by atoms with Crippen molar-refractivity contribution in [3.63, 3.8) is 0 Å². The Kier molecular flexibility index (Phi) is 9.19. The monoisotopic (exact) mass is 505 g/mol. The number of hydrogen-bond acceptors (Lipinski definition) is 6. The normalized spacial score (nSPS) is 17.6. The van der Waals surface area contributed by atoms with E-state index >= 15 is 0 Å². The van der Waals surface area contributed by atoms with Crippen LogP contribution in [0.1, 0.15) is 64.5 Å². The van der Waals surface area contributed by atoms with E-state index in [9.17, 15) is 9.59 Å². The SMILES string of the molecule is CN(C)CCNC(=O)C[C@H]1CC[C@H](c2ccc(C(=O)Nc3nnc(Cc4ccccc4)s3)cc2)CC1. The summed E-state index contributed by atoms with van der Waals surface area (Å²) in [5, 5.41) is 15.6. The van der Waals surface area contributed by atoms with E-state index < -0.39 is 0 Å². The van der Waals surface area contributed by atoms with Crippen molar-refractivity contribution in [3.05, 3.63) is 76.3 Å². The smallest absolute Gasteiger partial charge is 0.257 e. The quantitative estimate of drug-likeness (QED) is 0.416. The Morgan fingerprint density at radius 3 is 2.39 bits per heavy atom. The van der Waals surface area contributed by atoms with E-state index in [4.69, 9.17) is 0 Å². The van der Waals surface area contributed by atoms with Crippen molar-refractivity contribution in [1.29, 1.82) is 0 Å². The second kappa shape index (κ2) is 12.7. The first-order valence-electron chi connectivity index (χ1n) is 12.7. The van der Waals surface area contributed by atoms with E-state index in [1.165, 1.54) is 22.5 Å². The second-order valence-electron chi connectivity index (χ2n) is 9.81. The van der Waals surface area contributed by atoms with Gasteiger partial charge in [-0.2, -0.15) is 0 Å². The molecule has 1 saturated carbocycles. The summed E-state index contributed by atoms with van der Waals surface area (Å²) in [5.41, 5.74) is 3.04. The molecular weight excluding hydrogens is 470 g/mol. The molecule has 2 aromatic carbocycles. The van der Waals surface area contributed by atoms with Gasteiger partial charge >= 0.3 is 0 Å². The molecule has 190 valence electrons. The molecule has 36 heavy (non-hydrogen) atoms. The van der Waals surface area contributed by atoms with Gasteiger partial charge in [-0.05, 0) is 74.9 Å². The maximum atomic E-state index is 12.7. The molecule has 0 atom stereocenters. The van der Waals surface area contributed by atoms with Crippen molar-refractivity contribution in [2.75, 3.05) is 32.5 Å². The van der Waals surface area contributed by atoms with Crippen LogP contribution in [0.25, 0.3) is 0 Å². The summed E-state index contributed by atoms with van der Waals surface area (Å²) >= 11 is 1.40. The van der Waals surface area contributed by atoms with Crippen LogP contribution in [0.4, 0.5) is 5.13 Å². The third-order valence-electron chi connectivity index (χ3n) is 6.73. The van der Waals surface area contributed by atoms with Gasteiger partial charge in [0.25, 0.3) is 5.91 Å². The van der Waals surface area contributed by atoms with Crippen LogP contribution < -0.4 is 10.6 Å². The van der Waals surface area contributed by atoms with Crippen LogP contribution in [-0.4, -0.2) is 54.1 Å². The Morgan fingerprint density at radius 1 is 0.972 bits per heavy atom. The van der Waals surface area contributed by atoms with Crippen LogP contribution >= 0.6 is 11.3 Å². The van der Waals surface area contributed by atoms with E-state index in [1.807, 2.05) is 44.4 Å². The molecule has 0 aliphatic heterocycles. The lowest BCUT2D eigenvalue weighted by atomic mass is 9.77. The predicted octanol–water partition coefficient (Wildman–Crippen LogP) is 4.72. The zero-order valence-electron chi connectivity index (χ0n) is 21.1. The first-order valence-corrected chi connectivity index (χ1v) is 13.5. The summed E-state index contributed by atoms with van der Waals surface area (Å²) in [6, 6.07) is 18.0. The Labute approximate surface area is 217 Å². The third-order valence-corrected chi connectivity index (χ3v) is 7.57. The van der Waals surface area contributed by atoms with E-state index in [0.29, 0.717) is 41.9 Å². The van der Waals surface area contributed by atoms with E-state index in [-0.39, 0.29) is 11.8 Å². The third kappa shape index (κ3) is 7.70. The van der Waals surface area contributed by atoms with Gasteiger partial charge in [-0.1, -0.05) is 53.8 Å². The number of rotatable bonds is 10. The minimum atomic E-state index is -0.173. The van der Waals surface area contributed by atoms with Gasteiger partial charge in [0, 0.05) is 31.5 Å². The summed E-state index contributed by atoms with van der Waals surface area (Å²) in [7, 11) is 4.01. The van der Waals surface area contributed by atoms with Crippen molar-refractivity contribution in [2.24, 2.45) is 5.92 Å². The lowest BCUT2D eigenvalue weighted by Crippen LogP contribution is -2.32. The fraction of sp³-hybridized carbons (Fsp3) is 0.429. The van der Waals surface area contributed by atoms with Crippen LogP contribution in [0.15, 0.2) is 54.6 Å². The van der Waals surface area contributed by atoms with Gasteiger partial charge in [0.1, 0.15) is 5.01 Å². The van der Waals surface area contributed by atoms with E-state index in [1.54, 1.807) is 0 Å². The molecule has 3 aromatic rings. The molecule has 1 aromatic heterocycles. The van der Waals surface area contributed by atoms with Crippen molar-refractivity contribution in [2.45, 2.75) is 44.4 Å². The van der Waals surface area contributed by atoms with Gasteiger partial charge in [-0.25, -0.2) is 0 Å². The Bertz CT molecular complexity index is 1120. The van der Waals surface area contributed by atoms with Gasteiger partial charge in [0.15, 0.2) is 0 Å². The molecule has 7 nitrogen and oxygen atoms in total. The fourth-order valence-electron chi connectivity index (χ4n) is 4.68. The molecule has 0 spiro atoms. The Morgan fingerprint density at radius 2 is 1.69 bits per heavy atom. The number of amides is 2. The van der Waals surface area contributed by atoms with Crippen LogP contribution in [0.3, 0.4) is 0 Å². The highest BCUT2D eigenvalue weighted by Crippen LogP contribution is 2.37. The van der Waals surface area contributed by atoms with Gasteiger partial charge < -0.3 is 10.2 Å². The molecule has 0 unspecified atom stereocenters. The van der Waals surface area contributed by atoms with Crippen LogP contribution in [0, 0.1) is 5.92 Å².